The SMILES string of the molecule is COC(=O)c1c(NC(=O)C(C)Sc2cccc(NC(=S)Nc3ccc(C(C)=O)cc3)c2)sc2c1CCN(Cc1ccccc1)C2. The number of thiophene rings is 1. The predicted molar refractivity (Wildman–Crippen MR) is 187 cm³/mol. The van der Waals surface area contributed by atoms with Crippen LogP contribution in [0.4, 0.5) is 16.4 Å². The van der Waals surface area contributed by atoms with E-state index in [0.717, 1.165) is 39.8 Å². The Labute approximate surface area is 276 Å². The first-order valence-electron chi connectivity index (χ1n) is 14.5. The van der Waals surface area contributed by atoms with E-state index >= 15 is 0 Å². The smallest absolute Gasteiger partial charge is 0.341 e. The van der Waals surface area contributed by atoms with Gasteiger partial charge in [-0.25, -0.2) is 4.79 Å². The van der Waals surface area contributed by atoms with Crippen LogP contribution < -0.4 is 16.0 Å². The van der Waals surface area contributed by atoms with Gasteiger partial charge in [0.15, 0.2) is 10.9 Å². The van der Waals surface area contributed by atoms with Crippen molar-refractivity contribution < 1.29 is 19.1 Å². The van der Waals surface area contributed by atoms with Crippen molar-refractivity contribution in [1.29, 1.82) is 0 Å². The van der Waals surface area contributed by atoms with Gasteiger partial charge in [0.25, 0.3) is 0 Å². The minimum atomic E-state index is -0.440. The van der Waals surface area contributed by atoms with Crippen LogP contribution in [0.3, 0.4) is 0 Å². The van der Waals surface area contributed by atoms with Crippen molar-refractivity contribution in [3.05, 3.63) is 106 Å². The number of amides is 1. The molecule has 0 saturated carbocycles. The summed E-state index contributed by atoms with van der Waals surface area (Å²) in [6.45, 7) is 5.71. The number of rotatable bonds is 10. The van der Waals surface area contributed by atoms with Crippen LogP contribution in [0, 0.1) is 0 Å². The van der Waals surface area contributed by atoms with Gasteiger partial charge in [-0.1, -0.05) is 36.4 Å². The van der Waals surface area contributed by atoms with Crippen molar-refractivity contribution in [2.45, 2.75) is 43.5 Å². The van der Waals surface area contributed by atoms with Gasteiger partial charge in [0.2, 0.25) is 5.91 Å². The van der Waals surface area contributed by atoms with Gasteiger partial charge in [-0.2, -0.15) is 0 Å². The molecule has 1 aliphatic heterocycles. The predicted octanol–water partition coefficient (Wildman–Crippen LogP) is 7.22. The van der Waals surface area contributed by atoms with Gasteiger partial charge in [-0.3, -0.25) is 14.5 Å². The minimum Gasteiger partial charge on any atom is -0.465 e. The lowest BCUT2D eigenvalue weighted by Gasteiger charge is -2.27. The maximum Gasteiger partial charge on any atom is 0.341 e. The Balaban J connectivity index is 1.21. The first-order chi connectivity index (χ1) is 21.7. The summed E-state index contributed by atoms with van der Waals surface area (Å²) in [6.07, 6.45) is 0.712. The van der Waals surface area contributed by atoms with E-state index in [4.69, 9.17) is 17.0 Å². The minimum absolute atomic E-state index is 0.00348. The van der Waals surface area contributed by atoms with Gasteiger partial charge >= 0.3 is 5.97 Å². The molecule has 5 rings (SSSR count). The van der Waals surface area contributed by atoms with Crippen LogP contribution in [-0.4, -0.2) is 46.6 Å². The molecule has 232 valence electrons. The molecule has 0 saturated heterocycles. The van der Waals surface area contributed by atoms with Crippen LogP contribution in [0.25, 0.3) is 0 Å². The summed E-state index contributed by atoms with van der Waals surface area (Å²) < 4.78 is 5.12. The Bertz CT molecular complexity index is 1710. The number of ether oxygens (including phenoxy) is 1. The average molecular weight is 659 g/mol. The van der Waals surface area contributed by atoms with Gasteiger partial charge < -0.3 is 20.7 Å². The van der Waals surface area contributed by atoms with E-state index in [1.54, 1.807) is 24.3 Å². The number of ketones is 1. The Morgan fingerprint density at radius 1 is 0.978 bits per heavy atom. The number of benzene rings is 3. The average Bonchev–Trinajstić information content (AvgIpc) is 3.38. The van der Waals surface area contributed by atoms with E-state index in [9.17, 15) is 14.4 Å². The van der Waals surface area contributed by atoms with E-state index in [1.807, 2.05) is 49.4 Å². The maximum atomic E-state index is 13.4. The van der Waals surface area contributed by atoms with Gasteiger partial charge in [-0.15, -0.1) is 23.1 Å². The van der Waals surface area contributed by atoms with E-state index in [0.29, 0.717) is 34.2 Å². The lowest BCUT2D eigenvalue weighted by Crippen LogP contribution is -2.29. The number of nitrogens with zero attached hydrogens (tertiary/aromatic N) is 1. The Morgan fingerprint density at radius 3 is 2.42 bits per heavy atom. The zero-order valence-electron chi connectivity index (χ0n) is 25.2. The number of nitrogens with one attached hydrogen (secondary N) is 3. The number of carbonyl (C=O) groups is 3. The zero-order valence-corrected chi connectivity index (χ0v) is 27.7. The van der Waals surface area contributed by atoms with E-state index in [-0.39, 0.29) is 11.7 Å². The van der Waals surface area contributed by atoms with Crippen molar-refractivity contribution in [3.8, 4) is 0 Å². The van der Waals surface area contributed by atoms with Gasteiger partial charge in [-0.05, 0) is 86.1 Å². The molecular formula is C34H34N4O4S3. The third-order valence-electron chi connectivity index (χ3n) is 7.33. The quantitative estimate of drug-likeness (QED) is 0.0706. The van der Waals surface area contributed by atoms with E-state index < -0.39 is 11.2 Å². The normalized spacial score (nSPS) is 13.3. The molecule has 11 heteroatoms. The molecule has 8 nitrogen and oxygen atoms in total. The summed E-state index contributed by atoms with van der Waals surface area (Å²) in [6, 6.07) is 25.0. The zero-order chi connectivity index (χ0) is 31.9. The molecular weight excluding hydrogens is 625 g/mol. The highest BCUT2D eigenvalue weighted by Crippen LogP contribution is 2.38. The third kappa shape index (κ3) is 8.37. The fourth-order valence-electron chi connectivity index (χ4n) is 5.04. The summed E-state index contributed by atoms with van der Waals surface area (Å²) in [5.41, 5.74) is 4.83. The van der Waals surface area contributed by atoms with Crippen molar-refractivity contribution in [3.63, 3.8) is 0 Å². The van der Waals surface area contributed by atoms with Crippen molar-refractivity contribution in [2.24, 2.45) is 0 Å². The lowest BCUT2D eigenvalue weighted by atomic mass is 10.0. The molecule has 1 aromatic heterocycles. The number of hydrogen-bond donors (Lipinski definition) is 3. The number of fused-ring (bicyclic) bond motifs is 1. The highest BCUT2D eigenvalue weighted by atomic mass is 32.2. The fourth-order valence-corrected chi connectivity index (χ4v) is 7.48. The van der Waals surface area contributed by atoms with Crippen LogP contribution in [0.15, 0.2) is 83.8 Å². The monoisotopic (exact) mass is 658 g/mol. The molecule has 0 spiro atoms. The molecule has 1 amide bonds. The molecule has 0 aliphatic carbocycles. The molecule has 0 bridgehead atoms. The Kier molecular flexibility index (Phi) is 10.7. The van der Waals surface area contributed by atoms with Gasteiger partial charge in [0.1, 0.15) is 5.00 Å². The second kappa shape index (κ2) is 14.8. The van der Waals surface area contributed by atoms with Crippen molar-refractivity contribution in [1.82, 2.24) is 4.90 Å². The number of methoxy groups -OCH3 is 1. The number of Topliss-reactive ketones (excluding diaryl/α,β-unsaturated/α-hetero) is 1. The highest BCUT2D eigenvalue weighted by molar-refractivity contribution is 8.00. The van der Waals surface area contributed by atoms with Crippen molar-refractivity contribution in [2.75, 3.05) is 29.6 Å². The van der Waals surface area contributed by atoms with Crippen LogP contribution in [0.2, 0.25) is 0 Å². The van der Waals surface area contributed by atoms with Crippen molar-refractivity contribution >= 4 is 74.5 Å². The molecule has 45 heavy (non-hydrogen) atoms. The second-order valence-corrected chi connectivity index (χ2v) is 13.6. The van der Waals surface area contributed by atoms with E-state index in [2.05, 4.69) is 33.0 Å². The highest BCUT2D eigenvalue weighted by Gasteiger charge is 2.30. The van der Waals surface area contributed by atoms with Crippen LogP contribution >= 0.6 is 35.3 Å². The Hall–Kier alpha value is -4.03. The third-order valence-corrected chi connectivity index (χ3v) is 9.76. The van der Waals surface area contributed by atoms with Gasteiger partial charge in [0, 0.05) is 46.3 Å². The molecule has 2 heterocycles. The first-order valence-corrected chi connectivity index (χ1v) is 16.6. The second-order valence-electron chi connectivity index (χ2n) is 10.6. The summed E-state index contributed by atoms with van der Waals surface area (Å²) in [5.74, 6) is -0.629. The number of thiocarbonyl (C=S) groups is 1. The summed E-state index contributed by atoms with van der Waals surface area (Å²) >= 11 is 8.33. The number of anilines is 3. The molecule has 4 aromatic rings. The molecule has 1 unspecified atom stereocenters. The molecule has 0 radical (unpaired) electrons. The standard InChI is InChI=1S/C34H34N4O4S3/c1-21(39)24-12-14-25(15-13-24)35-34(43)36-26-10-7-11-27(18-26)44-22(2)31(40)37-32-30(33(41)42-3)28-16-17-38(20-29(28)45-32)19-23-8-5-4-6-9-23/h4-15,18,22H,16-17,19-20H2,1-3H3,(H,37,40)(H2,35,36,43). The number of thioether (sulfide) groups is 1. The Morgan fingerprint density at radius 2 is 1.71 bits per heavy atom. The maximum absolute atomic E-state index is 13.4. The largest absolute Gasteiger partial charge is 0.465 e. The molecule has 1 aliphatic rings. The molecule has 1 atom stereocenters. The number of carbonyl (C=O) groups excluding carboxylic acids is 3. The molecule has 0 fully saturated rings. The number of esters is 1. The number of hydrogen-bond acceptors (Lipinski definition) is 8. The summed E-state index contributed by atoms with van der Waals surface area (Å²) in [5, 5.41) is 9.81. The fraction of sp³-hybridized carbons (Fsp3) is 0.235. The summed E-state index contributed by atoms with van der Waals surface area (Å²) in [4.78, 5) is 42.0. The summed E-state index contributed by atoms with van der Waals surface area (Å²) in [7, 11) is 1.37. The molecule has 3 N–H and O–H groups in total. The first kappa shape index (κ1) is 32.4. The van der Waals surface area contributed by atoms with Gasteiger partial charge in [0.05, 0.1) is 17.9 Å². The van der Waals surface area contributed by atoms with Crippen LogP contribution in [0.5, 0.6) is 0 Å². The lowest BCUT2D eigenvalue weighted by molar-refractivity contribution is -0.115. The molecule has 3 aromatic carbocycles. The topological polar surface area (TPSA) is 99.8 Å². The van der Waals surface area contributed by atoms with Crippen LogP contribution in [0.1, 0.15) is 50.6 Å². The van der Waals surface area contributed by atoms with Crippen LogP contribution in [-0.2, 0) is 29.0 Å². The van der Waals surface area contributed by atoms with E-state index in [1.165, 1.54) is 42.7 Å².